The largest absolute Gasteiger partial charge is 0.416 e. The van der Waals surface area contributed by atoms with Crippen molar-refractivity contribution in [1.82, 2.24) is 10.2 Å². The van der Waals surface area contributed by atoms with Crippen molar-refractivity contribution in [2.75, 3.05) is 25.5 Å². The molecule has 0 saturated carbocycles. The maximum absolute atomic E-state index is 13.2. The van der Waals surface area contributed by atoms with Crippen molar-refractivity contribution in [3.05, 3.63) is 69.5 Å². The molecule has 0 aromatic heterocycles. The Morgan fingerprint density at radius 2 is 1.90 bits per heavy atom. The minimum Gasteiger partial charge on any atom is -0.378 e. The average Bonchev–Trinajstić information content (AvgIpc) is 2.64. The standard InChI is InChI=1S/C18H18F4N4O3/c1-25(11-12-3-2-4-14(19)9-12)17(27)24-8-7-23-15-6-5-13(18(20,21)22)10-16(15)26(28)29/h2-6,9-10,23H,7-8,11H2,1H3,(H,24,27). The van der Waals surface area contributed by atoms with E-state index in [-0.39, 0.29) is 25.3 Å². The molecule has 0 aliphatic rings. The summed E-state index contributed by atoms with van der Waals surface area (Å²) in [6, 6.07) is 7.48. The molecule has 2 rings (SSSR count). The Bertz CT molecular complexity index is 890. The average molecular weight is 414 g/mol. The normalized spacial score (nSPS) is 11.1. The summed E-state index contributed by atoms with van der Waals surface area (Å²) < 4.78 is 51.3. The smallest absolute Gasteiger partial charge is 0.378 e. The molecule has 0 spiro atoms. The molecule has 0 unspecified atom stereocenters. The summed E-state index contributed by atoms with van der Waals surface area (Å²) in [5.74, 6) is -0.418. The first-order valence-electron chi connectivity index (χ1n) is 8.41. The van der Waals surface area contributed by atoms with Crippen molar-refractivity contribution >= 4 is 17.4 Å². The molecule has 7 nitrogen and oxygen atoms in total. The van der Waals surface area contributed by atoms with Crippen LogP contribution < -0.4 is 10.6 Å². The van der Waals surface area contributed by atoms with E-state index in [4.69, 9.17) is 0 Å². The zero-order valence-corrected chi connectivity index (χ0v) is 15.3. The van der Waals surface area contributed by atoms with E-state index < -0.39 is 34.2 Å². The van der Waals surface area contributed by atoms with Crippen LogP contribution in [0.3, 0.4) is 0 Å². The van der Waals surface area contributed by atoms with Gasteiger partial charge in [0.2, 0.25) is 0 Å². The number of nitro benzene ring substituents is 1. The lowest BCUT2D eigenvalue weighted by Gasteiger charge is -2.18. The Morgan fingerprint density at radius 3 is 2.52 bits per heavy atom. The number of benzene rings is 2. The predicted molar refractivity (Wildman–Crippen MR) is 97.9 cm³/mol. The van der Waals surface area contributed by atoms with Gasteiger partial charge in [0, 0.05) is 32.7 Å². The van der Waals surface area contributed by atoms with Gasteiger partial charge in [0.1, 0.15) is 11.5 Å². The molecule has 0 aliphatic heterocycles. The van der Waals surface area contributed by atoms with Gasteiger partial charge in [-0.1, -0.05) is 12.1 Å². The number of carbonyl (C=O) groups is 1. The molecule has 0 bridgehead atoms. The molecule has 0 aliphatic carbocycles. The highest BCUT2D eigenvalue weighted by Crippen LogP contribution is 2.34. The van der Waals surface area contributed by atoms with Gasteiger partial charge in [0.25, 0.3) is 5.69 Å². The Labute approximate surface area is 163 Å². The molecule has 2 aromatic carbocycles. The lowest BCUT2D eigenvalue weighted by atomic mass is 10.1. The third-order valence-corrected chi connectivity index (χ3v) is 3.89. The molecular weight excluding hydrogens is 396 g/mol. The highest BCUT2D eigenvalue weighted by atomic mass is 19.4. The fourth-order valence-electron chi connectivity index (χ4n) is 2.49. The van der Waals surface area contributed by atoms with E-state index in [1.807, 2.05) is 0 Å². The van der Waals surface area contributed by atoms with Crippen LogP contribution in [0, 0.1) is 15.9 Å². The molecule has 0 heterocycles. The van der Waals surface area contributed by atoms with Crippen LogP contribution in [-0.4, -0.2) is 36.0 Å². The van der Waals surface area contributed by atoms with E-state index in [0.29, 0.717) is 11.6 Å². The number of urea groups is 1. The quantitative estimate of drug-likeness (QED) is 0.310. The molecule has 29 heavy (non-hydrogen) atoms. The van der Waals surface area contributed by atoms with Crippen molar-refractivity contribution in [3.8, 4) is 0 Å². The van der Waals surface area contributed by atoms with Gasteiger partial charge < -0.3 is 15.5 Å². The van der Waals surface area contributed by atoms with Gasteiger partial charge in [-0.25, -0.2) is 9.18 Å². The number of halogens is 4. The summed E-state index contributed by atoms with van der Waals surface area (Å²) in [5.41, 5.74) is -1.33. The number of amides is 2. The third kappa shape index (κ3) is 6.33. The fraction of sp³-hybridized carbons (Fsp3) is 0.278. The van der Waals surface area contributed by atoms with Gasteiger partial charge in [-0.05, 0) is 29.8 Å². The van der Waals surface area contributed by atoms with Crippen LogP contribution >= 0.6 is 0 Å². The summed E-state index contributed by atoms with van der Waals surface area (Å²) in [6.07, 6.45) is -4.69. The van der Waals surface area contributed by atoms with Crippen LogP contribution in [0.25, 0.3) is 0 Å². The molecular formula is C18H18F4N4O3. The second kappa shape index (κ2) is 9.22. The molecule has 11 heteroatoms. The van der Waals surface area contributed by atoms with Crippen LogP contribution in [0.5, 0.6) is 0 Å². The highest BCUT2D eigenvalue weighted by Gasteiger charge is 2.33. The molecule has 2 N–H and O–H groups in total. The monoisotopic (exact) mass is 414 g/mol. The van der Waals surface area contributed by atoms with Crippen molar-refractivity contribution in [1.29, 1.82) is 0 Å². The number of nitrogens with one attached hydrogen (secondary N) is 2. The number of carbonyl (C=O) groups excluding carboxylic acids is 1. The lowest BCUT2D eigenvalue weighted by molar-refractivity contribution is -0.384. The highest BCUT2D eigenvalue weighted by molar-refractivity contribution is 5.74. The summed E-state index contributed by atoms with van der Waals surface area (Å²) in [4.78, 5) is 23.5. The second-order valence-corrected chi connectivity index (χ2v) is 6.13. The first-order valence-corrected chi connectivity index (χ1v) is 8.41. The van der Waals surface area contributed by atoms with Crippen LogP contribution in [0.1, 0.15) is 11.1 Å². The van der Waals surface area contributed by atoms with Crippen molar-refractivity contribution in [3.63, 3.8) is 0 Å². The van der Waals surface area contributed by atoms with E-state index in [2.05, 4.69) is 10.6 Å². The van der Waals surface area contributed by atoms with Crippen LogP contribution in [0.15, 0.2) is 42.5 Å². The maximum Gasteiger partial charge on any atom is 0.416 e. The lowest BCUT2D eigenvalue weighted by Crippen LogP contribution is -2.39. The van der Waals surface area contributed by atoms with E-state index in [1.54, 1.807) is 6.07 Å². The van der Waals surface area contributed by atoms with Gasteiger partial charge >= 0.3 is 12.2 Å². The van der Waals surface area contributed by atoms with Crippen molar-refractivity contribution in [2.24, 2.45) is 0 Å². The Morgan fingerprint density at radius 1 is 1.17 bits per heavy atom. The molecule has 0 atom stereocenters. The van der Waals surface area contributed by atoms with Crippen LogP contribution in [0.4, 0.5) is 33.7 Å². The number of hydrogen-bond donors (Lipinski definition) is 2. The zero-order valence-electron chi connectivity index (χ0n) is 15.3. The summed E-state index contributed by atoms with van der Waals surface area (Å²) in [7, 11) is 1.51. The number of rotatable bonds is 7. The van der Waals surface area contributed by atoms with Gasteiger partial charge in [0.05, 0.1) is 10.5 Å². The Kier molecular flexibility index (Phi) is 6.97. The van der Waals surface area contributed by atoms with Crippen LogP contribution in [-0.2, 0) is 12.7 Å². The minimum atomic E-state index is -4.69. The number of nitro groups is 1. The van der Waals surface area contributed by atoms with Gasteiger partial charge in [0.15, 0.2) is 0 Å². The third-order valence-electron chi connectivity index (χ3n) is 3.89. The molecule has 2 aromatic rings. The zero-order chi connectivity index (χ0) is 21.6. The minimum absolute atomic E-state index is 0.0474. The number of hydrogen-bond acceptors (Lipinski definition) is 4. The van der Waals surface area contributed by atoms with E-state index in [9.17, 15) is 32.5 Å². The predicted octanol–water partition coefficient (Wildman–Crippen LogP) is 4.01. The topological polar surface area (TPSA) is 87.5 Å². The SMILES string of the molecule is CN(Cc1cccc(F)c1)C(=O)NCCNc1ccc(C(F)(F)F)cc1[N+](=O)[O-]. The number of anilines is 1. The first kappa shape index (κ1) is 21.9. The van der Waals surface area contributed by atoms with Gasteiger partial charge in [-0.15, -0.1) is 0 Å². The second-order valence-electron chi connectivity index (χ2n) is 6.13. The summed E-state index contributed by atoms with van der Waals surface area (Å²) in [5, 5.41) is 16.2. The van der Waals surface area contributed by atoms with E-state index in [0.717, 1.165) is 12.1 Å². The maximum atomic E-state index is 13.2. The van der Waals surface area contributed by atoms with Gasteiger partial charge in [-0.3, -0.25) is 10.1 Å². The summed E-state index contributed by atoms with van der Waals surface area (Å²) >= 11 is 0. The molecule has 0 radical (unpaired) electrons. The molecule has 0 fully saturated rings. The van der Waals surface area contributed by atoms with E-state index in [1.165, 1.54) is 30.1 Å². The summed E-state index contributed by atoms with van der Waals surface area (Å²) in [6.45, 7) is 0.275. The van der Waals surface area contributed by atoms with Crippen molar-refractivity contribution in [2.45, 2.75) is 12.7 Å². The molecule has 0 saturated heterocycles. The Hall–Kier alpha value is -3.37. The fourth-order valence-corrected chi connectivity index (χ4v) is 2.49. The van der Waals surface area contributed by atoms with Gasteiger partial charge in [-0.2, -0.15) is 13.2 Å². The molecule has 2 amide bonds. The van der Waals surface area contributed by atoms with Crippen molar-refractivity contribution < 1.29 is 27.3 Å². The molecule has 156 valence electrons. The first-order chi connectivity index (χ1) is 13.6. The van der Waals surface area contributed by atoms with Crippen LogP contribution in [0.2, 0.25) is 0 Å². The number of nitrogens with zero attached hydrogens (tertiary/aromatic N) is 2. The Balaban J connectivity index is 1.88. The number of alkyl halides is 3. The van der Waals surface area contributed by atoms with E-state index >= 15 is 0 Å².